The number of hydrogen-bond acceptors (Lipinski definition) is 3. The average Bonchev–Trinajstić information content (AvgIpc) is 2.73. The molecule has 0 aliphatic heterocycles. The Kier molecular flexibility index (Phi) is 5.56. The summed E-state index contributed by atoms with van der Waals surface area (Å²) in [5, 5.41) is 6.91. The first-order valence-corrected chi connectivity index (χ1v) is 5.78. The van der Waals surface area contributed by atoms with Crippen LogP contribution in [-0.4, -0.2) is 28.8 Å². The summed E-state index contributed by atoms with van der Waals surface area (Å²) in [4.78, 5) is 11.6. The molecule has 90 valence electrons. The molecular weight excluding hydrogens is 204 g/mol. The van der Waals surface area contributed by atoms with Gasteiger partial charge in [0.25, 0.3) is 5.91 Å². The van der Waals surface area contributed by atoms with Gasteiger partial charge in [0.1, 0.15) is 0 Å². The Morgan fingerprint density at radius 3 is 3.06 bits per heavy atom. The van der Waals surface area contributed by atoms with Gasteiger partial charge in [-0.25, -0.2) is 0 Å². The van der Waals surface area contributed by atoms with Crippen LogP contribution in [0.15, 0.2) is 12.4 Å². The highest BCUT2D eigenvalue weighted by atomic mass is 16.1. The van der Waals surface area contributed by atoms with Gasteiger partial charge in [-0.3, -0.25) is 9.48 Å². The maximum absolute atomic E-state index is 11.6. The summed E-state index contributed by atoms with van der Waals surface area (Å²) < 4.78 is 1.68. The van der Waals surface area contributed by atoms with E-state index in [-0.39, 0.29) is 5.91 Å². The van der Waals surface area contributed by atoms with Crippen molar-refractivity contribution >= 4 is 5.91 Å². The molecule has 5 heteroatoms. The first kappa shape index (κ1) is 12.7. The van der Waals surface area contributed by atoms with Gasteiger partial charge in [-0.05, 0) is 6.42 Å². The largest absolute Gasteiger partial charge is 0.352 e. The second kappa shape index (κ2) is 7.00. The predicted molar refractivity (Wildman–Crippen MR) is 63.1 cm³/mol. The van der Waals surface area contributed by atoms with Crippen molar-refractivity contribution in [2.45, 2.75) is 32.7 Å². The second-order valence-electron chi connectivity index (χ2n) is 3.74. The Balaban J connectivity index is 2.34. The van der Waals surface area contributed by atoms with Crippen molar-refractivity contribution in [3.05, 3.63) is 18.0 Å². The van der Waals surface area contributed by atoms with Gasteiger partial charge in [0, 0.05) is 19.3 Å². The molecule has 0 fully saturated rings. The highest BCUT2D eigenvalue weighted by molar-refractivity contribution is 5.93. The number of nitrogens with two attached hydrogens (primary N) is 1. The van der Waals surface area contributed by atoms with E-state index >= 15 is 0 Å². The van der Waals surface area contributed by atoms with Crippen molar-refractivity contribution in [1.82, 2.24) is 15.1 Å². The minimum atomic E-state index is -0.0561. The molecule has 0 aliphatic carbocycles. The van der Waals surface area contributed by atoms with E-state index in [1.54, 1.807) is 17.1 Å². The lowest BCUT2D eigenvalue weighted by Crippen LogP contribution is -2.24. The van der Waals surface area contributed by atoms with E-state index in [0.29, 0.717) is 18.7 Å². The lowest BCUT2D eigenvalue weighted by molar-refractivity contribution is 0.0953. The number of carbonyl (C=O) groups is 1. The number of nitrogens with one attached hydrogen (secondary N) is 1. The van der Waals surface area contributed by atoms with Gasteiger partial charge < -0.3 is 11.1 Å². The maximum atomic E-state index is 11.6. The van der Waals surface area contributed by atoms with E-state index in [2.05, 4.69) is 17.3 Å². The second-order valence-corrected chi connectivity index (χ2v) is 3.74. The van der Waals surface area contributed by atoms with E-state index in [4.69, 9.17) is 5.73 Å². The van der Waals surface area contributed by atoms with E-state index in [1.807, 2.05) is 0 Å². The molecule has 0 atom stereocenters. The quantitative estimate of drug-likeness (QED) is 0.672. The minimum absolute atomic E-state index is 0.0561. The van der Waals surface area contributed by atoms with Crippen LogP contribution in [0.3, 0.4) is 0 Å². The van der Waals surface area contributed by atoms with Gasteiger partial charge in [-0.15, -0.1) is 0 Å². The summed E-state index contributed by atoms with van der Waals surface area (Å²) in [5.41, 5.74) is 6.00. The van der Waals surface area contributed by atoms with Crippen LogP contribution in [0.4, 0.5) is 0 Å². The Hall–Kier alpha value is -1.36. The van der Waals surface area contributed by atoms with Crippen LogP contribution in [0.5, 0.6) is 0 Å². The SMILES string of the molecule is CCCCCNC(=O)c1cnn(CCN)c1. The molecule has 0 aliphatic rings. The fourth-order valence-electron chi connectivity index (χ4n) is 1.41. The zero-order valence-electron chi connectivity index (χ0n) is 9.78. The van der Waals surface area contributed by atoms with Crippen molar-refractivity contribution in [2.24, 2.45) is 5.73 Å². The number of nitrogens with zero attached hydrogens (tertiary/aromatic N) is 2. The summed E-state index contributed by atoms with van der Waals surface area (Å²) >= 11 is 0. The smallest absolute Gasteiger partial charge is 0.254 e. The fraction of sp³-hybridized carbons (Fsp3) is 0.636. The van der Waals surface area contributed by atoms with Gasteiger partial charge in [0.15, 0.2) is 0 Å². The summed E-state index contributed by atoms with van der Waals surface area (Å²) in [6.07, 6.45) is 6.63. The molecule has 0 spiro atoms. The number of amides is 1. The van der Waals surface area contributed by atoms with E-state index in [9.17, 15) is 4.79 Å². The van der Waals surface area contributed by atoms with Crippen LogP contribution in [-0.2, 0) is 6.54 Å². The molecule has 5 nitrogen and oxygen atoms in total. The highest BCUT2D eigenvalue weighted by Gasteiger charge is 2.06. The first-order chi connectivity index (χ1) is 7.77. The zero-order chi connectivity index (χ0) is 11.8. The molecule has 0 unspecified atom stereocenters. The molecular formula is C11H20N4O. The Morgan fingerprint density at radius 1 is 1.56 bits per heavy atom. The third-order valence-electron chi connectivity index (χ3n) is 2.32. The number of hydrogen-bond donors (Lipinski definition) is 2. The molecule has 0 aromatic carbocycles. The van der Waals surface area contributed by atoms with Crippen LogP contribution >= 0.6 is 0 Å². The summed E-state index contributed by atoms with van der Waals surface area (Å²) in [6, 6.07) is 0. The molecule has 0 saturated carbocycles. The molecule has 1 aromatic heterocycles. The number of aromatic nitrogens is 2. The normalized spacial score (nSPS) is 10.4. The molecule has 0 radical (unpaired) electrons. The Morgan fingerprint density at radius 2 is 2.38 bits per heavy atom. The van der Waals surface area contributed by atoms with Crippen molar-refractivity contribution in [3.63, 3.8) is 0 Å². The molecule has 1 heterocycles. The van der Waals surface area contributed by atoms with Crippen molar-refractivity contribution in [1.29, 1.82) is 0 Å². The molecule has 3 N–H and O–H groups in total. The van der Waals surface area contributed by atoms with Crippen LogP contribution in [0.2, 0.25) is 0 Å². The summed E-state index contributed by atoms with van der Waals surface area (Å²) in [6.45, 7) is 4.04. The number of rotatable bonds is 7. The van der Waals surface area contributed by atoms with Crippen molar-refractivity contribution < 1.29 is 4.79 Å². The molecule has 1 aromatic rings. The maximum Gasteiger partial charge on any atom is 0.254 e. The number of unbranched alkanes of at least 4 members (excludes halogenated alkanes) is 2. The van der Waals surface area contributed by atoms with Crippen LogP contribution < -0.4 is 11.1 Å². The van der Waals surface area contributed by atoms with Gasteiger partial charge in [0.2, 0.25) is 0 Å². The standard InChI is InChI=1S/C11H20N4O/c1-2-3-4-6-13-11(16)10-8-14-15(9-10)7-5-12/h8-9H,2-7,12H2,1H3,(H,13,16). The average molecular weight is 224 g/mol. The van der Waals surface area contributed by atoms with Gasteiger partial charge in [-0.2, -0.15) is 5.10 Å². The minimum Gasteiger partial charge on any atom is -0.352 e. The molecule has 1 rings (SSSR count). The third-order valence-corrected chi connectivity index (χ3v) is 2.32. The van der Waals surface area contributed by atoms with E-state index in [1.165, 1.54) is 0 Å². The predicted octanol–water partition coefficient (Wildman–Crippen LogP) is 0.762. The van der Waals surface area contributed by atoms with Crippen molar-refractivity contribution in [3.8, 4) is 0 Å². The zero-order valence-corrected chi connectivity index (χ0v) is 9.78. The topological polar surface area (TPSA) is 72.9 Å². The van der Waals surface area contributed by atoms with Crippen LogP contribution in [0.25, 0.3) is 0 Å². The summed E-state index contributed by atoms with van der Waals surface area (Å²) in [5.74, 6) is -0.0561. The van der Waals surface area contributed by atoms with E-state index < -0.39 is 0 Å². The third kappa shape index (κ3) is 4.02. The molecule has 1 amide bonds. The van der Waals surface area contributed by atoms with Crippen LogP contribution in [0.1, 0.15) is 36.5 Å². The van der Waals surface area contributed by atoms with Gasteiger partial charge in [-0.1, -0.05) is 19.8 Å². The van der Waals surface area contributed by atoms with Crippen LogP contribution in [0, 0.1) is 0 Å². The fourth-order valence-corrected chi connectivity index (χ4v) is 1.41. The lowest BCUT2D eigenvalue weighted by atomic mass is 10.2. The molecule has 0 bridgehead atoms. The van der Waals surface area contributed by atoms with Gasteiger partial charge >= 0.3 is 0 Å². The lowest BCUT2D eigenvalue weighted by Gasteiger charge is -2.01. The highest BCUT2D eigenvalue weighted by Crippen LogP contribution is 1.98. The van der Waals surface area contributed by atoms with Crippen molar-refractivity contribution in [2.75, 3.05) is 13.1 Å². The molecule has 16 heavy (non-hydrogen) atoms. The Labute approximate surface area is 96.0 Å². The first-order valence-electron chi connectivity index (χ1n) is 5.78. The van der Waals surface area contributed by atoms with Gasteiger partial charge in [0.05, 0.1) is 18.3 Å². The van der Waals surface area contributed by atoms with E-state index in [0.717, 1.165) is 25.8 Å². The summed E-state index contributed by atoms with van der Waals surface area (Å²) in [7, 11) is 0. The monoisotopic (exact) mass is 224 g/mol. The molecule has 0 saturated heterocycles. The number of carbonyl (C=O) groups excluding carboxylic acids is 1. The Bertz CT molecular complexity index is 322.